The number of pyridine rings is 1. The summed E-state index contributed by atoms with van der Waals surface area (Å²) in [6.07, 6.45) is -3.93. The number of nitrogens with zero attached hydrogens (tertiary/aromatic N) is 1. The van der Waals surface area contributed by atoms with Crippen LogP contribution in [0.4, 0.5) is 13.2 Å². The van der Waals surface area contributed by atoms with Crippen molar-refractivity contribution in [2.45, 2.75) is 25.7 Å². The maximum Gasteiger partial charge on any atom is 0.417 e. The maximum atomic E-state index is 12.7. The molecule has 2 aromatic rings. The van der Waals surface area contributed by atoms with Crippen molar-refractivity contribution in [3.05, 3.63) is 68.5 Å². The highest BCUT2D eigenvalue weighted by molar-refractivity contribution is 9.10. The van der Waals surface area contributed by atoms with E-state index in [1.165, 1.54) is 0 Å². The van der Waals surface area contributed by atoms with Crippen LogP contribution in [0.25, 0.3) is 0 Å². The van der Waals surface area contributed by atoms with E-state index in [1.54, 1.807) is 6.92 Å². The average Bonchev–Trinajstić information content (AvgIpc) is 2.48. The summed E-state index contributed by atoms with van der Waals surface area (Å²) in [5.74, 6) is -0.549. The molecule has 1 N–H and O–H groups in total. The Morgan fingerprint density at radius 2 is 1.83 bits per heavy atom. The molecule has 1 amide bonds. The second-order valence-electron chi connectivity index (χ2n) is 5.22. The first kappa shape index (κ1) is 18.3. The highest BCUT2D eigenvalue weighted by Gasteiger charge is 2.31. The zero-order chi connectivity index (χ0) is 17.9. The Bertz CT molecular complexity index is 785. The van der Waals surface area contributed by atoms with Gasteiger partial charge in [0, 0.05) is 16.7 Å². The second-order valence-corrected chi connectivity index (χ2v) is 6.14. The van der Waals surface area contributed by atoms with Crippen molar-refractivity contribution in [2.24, 2.45) is 0 Å². The van der Waals surface area contributed by atoms with Crippen LogP contribution in [-0.4, -0.2) is 10.5 Å². The molecule has 1 aromatic heterocycles. The summed E-state index contributed by atoms with van der Waals surface area (Å²) in [5, 5.41) is 2.65. The summed E-state index contributed by atoms with van der Waals surface area (Å²) in [6, 6.07) is 8.41. The molecular weight excluding hydrogens is 389 g/mol. The smallest absolute Gasteiger partial charge is 0.348 e. The second kappa shape index (κ2) is 7.21. The molecule has 0 spiro atoms. The van der Waals surface area contributed by atoms with E-state index in [-0.39, 0.29) is 6.04 Å². The van der Waals surface area contributed by atoms with Gasteiger partial charge in [0.05, 0.1) is 11.6 Å². The number of alkyl halides is 3. The van der Waals surface area contributed by atoms with E-state index >= 15 is 0 Å². The highest BCUT2D eigenvalue weighted by Crippen LogP contribution is 2.28. The van der Waals surface area contributed by atoms with Gasteiger partial charge in [0.25, 0.3) is 5.56 Å². The Hall–Kier alpha value is -2.09. The van der Waals surface area contributed by atoms with Crippen LogP contribution in [0, 0.1) is 0 Å². The van der Waals surface area contributed by atoms with E-state index in [0.29, 0.717) is 12.3 Å². The number of amides is 1. The molecular formula is C16H14BrF3N2O2. The van der Waals surface area contributed by atoms with Gasteiger partial charge in [0.2, 0.25) is 5.91 Å². The van der Waals surface area contributed by atoms with Gasteiger partial charge in [-0.3, -0.25) is 9.59 Å². The number of benzene rings is 1. The van der Waals surface area contributed by atoms with E-state index in [1.807, 2.05) is 24.3 Å². The first-order valence-corrected chi connectivity index (χ1v) is 7.78. The number of nitrogens with one attached hydrogen (secondary N) is 1. The van der Waals surface area contributed by atoms with E-state index in [4.69, 9.17) is 0 Å². The Balaban J connectivity index is 2.09. The van der Waals surface area contributed by atoms with Crippen LogP contribution in [0.5, 0.6) is 0 Å². The number of halogens is 4. The van der Waals surface area contributed by atoms with E-state index in [0.717, 1.165) is 20.7 Å². The SMILES string of the molecule is C[C@@H](NC(=O)Cn1cc(C(F)(F)F)ccc1=O)c1ccc(Br)cc1. The fourth-order valence-corrected chi connectivity index (χ4v) is 2.36. The summed E-state index contributed by atoms with van der Waals surface area (Å²) in [7, 11) is 0. The molecule has 0 unspecified atom stereocenters. The predicted molar refractivity (Wildman–Crippen MR) is 86.4 cm³/mol. The molecule has 0 aliphatic heterocycles. The third-order valence-electron chi connectivity index (χ3n) is 3.37. The first-order chi connectivity index (χ1) is 11.2. The summed E-state index contributed by atoms with van der Waals surface area (Å²) >= 11 is 3.30. The quantitative estimate of drug-likeness (QED) is 0.850. The minimum atomic E-state index is -4.57. The van der Waals surface area contributed by atoms with Gasteiger partial charge in [-0.2, -0.15) is 13.2 Å². The summed E-state index contributed by atoms with van der Waals surface area (Å²) in [6.45, 7) is 1.26. The summed E-state index contributed by atoms with van der Waals surface area (Å²) in [5.41, 5.74) is -0.812. The Morgan fingerprint density at radius 1 is 1.21 bits per heavy atom. The molecule has 128 valence electrons. The van der Waals surface area contributed by atoms with Crippen LogP contribution in [0.15, 0.2) is 51.9 Å². The van der Waals surface area contributed by atoms with Crippen LogP contribution >= 0.6 is 15.9 Å². The van der Waals surface area contributed by atoms with Crippen molar-refractivity contribution >= 4 is 21.8 Å². The number of rotatable bonds is 4. The molecule has 0 bridgehead atoms. The third-order valence-corrected chi connectivity index (χ3v) is 3.90. The maximum absolute atomic E-state index is 12.7. The highest BCUT2D eigenvalue weighted by atomic mass is 79.9. The number of carbonyl (C=O) groups excluding carboxylic acids is 1. The van der Waals surface area contributed by atoms with Gasteiger partial charge in [-0.05, 0) is 30.7 Å². The van der Waals surface area contributed by atoms with Crippen LogP contribution in [0.1, 0.15) is 24.1 Å². The normalized spacial score (nSPS) is 12.7. The molecule has 24 heavy (non-hydrogen) atoms. The summed E-state index contributed by atoms with van der Waals surface area (Å²) < 4.78 is 39.7. The molecule has 0 aliphatic rings. The van der Waals surface area contributed by atoms with Crippen molar-refractivity contribution in [2.75, 3.05) is 0 Å². The Morgan fingerprint density at radius 3 is 2.42 bits per heavy atom. The molecule has 0 saturated heterocycles. The van der Waals surface area contributed by atoms with Crippen molar-refractivity contribution in [3.8, 4) is 0 Å². The third kappa shape index (κ3) is 4.70. The molecule has 8 heteroatoms. The molecule has 2 rings (SSSR count). The van der Waals surface area contributed by atoms with Crippen LogP contribution < -0.4 is 10.9 Å². The predicted octanol–water partition coefficient (Wildman–Crippen LogP) is 3.51. The summed E-state index contributed by atoms with van der Waals surface area (Å²) in [4.78, 5) is 23.7. The van der Waals surface area contributed by atoms with E-state index in [2.05, 4.69) is 21.2 Å². The first-order valence-electron chi connectivity index (χ1n) is 6.99. The molecule has 0 aliphatic carbocycles. The van der Waals surface area contributed by atoms with E-state index < -0.39 is 29.8 Å². The average molecular weight is 403 g/mol. The molecule has 1 aromatic carbocycles. The number of hydrogen-bond donors (Lipinski definition) is 1. The van der Waals surface area contributed by atoms with Crippen molar-refractivity contribution in [1.82, 2.24) is 9.88 Å². The number of hydrogen-bond acceptors (Lipinski definition) is 2. The van der Waals surface area contributed by atoms with Gasteiger partial charge in [-0.15, -0.1) is 0 Å². The van der Waals surface area contributed by atoms with Crippen LogP contribution in [0.3, 0.4) is 0 Å². The Labute approximate surface area is 144 Å². The molecule has 0 saturated carbocycles. The fraction of sp³-hybridized carbons (Fsp3) is 0.250. The largest absolute Gasteiger partial charge is 0.417 e. The molecule has 1 atom stereocenters. The van der Waals surface area contributed by atoms with Crippen LogP contribution in [0.2, 0.25) is 0 Å². The Kier molecular flexibility index (Phi) is 5.48. The number of carbonyl (C=O) groups is 1. The lowest BCUT2D eigenvalue weighted by Gasteiger charge is -2.16. The topological polar surface area (TPSA) is 51.1 Å². The van der Waals surface area contributed by atoms with Gasteiger partial charge in [-0.1, -0.05) is 28.1 Å². The van der Waals surface area contributed by atoms with Gasteiger partial charge >= 0.3 is 6.18 Å². The minimum absolute atomic E-state index is 0.341. The van der Waals surface area contributed by atoms with Crippen molar-refractivity contribution in [3.63, 3.8) is 0 Å². The lowest BCUT2D eigenvalue weighted by molar-refractivity contribution is -0.138. The molecule has 1 heterocycles. The lowest BCUT2D eigenvalue weighted by Crippen LogP contribution is -2.34. The van der Waals surface area contributed by atoms with Crippen LogP contribution in [-0.2, 0) is 17.5 Å². The van der Waals surface area contributed by atoms with Gasteiger partial charge < -0.3 is 9.88 Å². The molecule has 4 nitrogen and oxygen atoms in total. The molecule has 0 radical (unpaired) electrons. The van der Waals surface area contributed by atoms with Gasteiger partial charge in [0.15, 0.2) is 0 Å². The van der Waals surface area contributed by atoms with Gasteiger partial charge in [-0.25, -0.2) is 0 Å². The fourth-order valence-electron chi connectivity index (χ4n) is 2.10. The number of aromatic nitrogens is 1. The van der Waals surface area contributed by atoms with E-state index in [9.17, 15) is 22.8 Å². The van der Waals surface area contributed by atoms with Gasteiger partial charge in [0.1, 0.15) is 6.54 Å². The van der Waals surface area contributed by atoms with Crippen molar-refractivity contribution in [1.29, 1.82) is 0 Å². The zero-order valence-corrected chi connectivity index (χ0v) is 14.2. The monoisotopic (exact) mass is 402 g/mol. The lowest BCUT2D eigenvalue weighted by atomic mass is 10.1. The molecule has 0 fully saturated rings. The standard InChI is InChI=1S/C16H14BrF3N2O2/c1-10(11-2-5-13(17)6-3-11)21-14(23)9-22-8-12(16(18,19)20)4-7-15(22)24/h2-8,10H,9H2,1H3,(H,21,23)/t10-/m1/s1. The minimum Gasteiger partial charge on any atom is -0.348 e. The van der Waals surface area contributed by atoms with Crippen molar-refractivity contribution < 1.29 is 18.0 Å². The zero-order valence-electron chi connectivity index (χ0n) is 12.6.